The summed E-state index contributed by atoms with van der Waals surface area (Å²) in [5.41, 5.74) is 1.97. The topological polar surface area (TPSA) is 35.6 Å². The van der Waals surface area contributed by atoms with Crippen LogP contribution in [0, 0.1) is 11.7 Å². The van der Waals surface area contributed by atoms with Gasteiger partial charge in [-0.2, -0.15) is 0 Å². The lowest BCUT2D eigenvalue weighted by Gasteiger charge is -2.35. The molecule has 2 atom stereocenters. The molecule has 0 unspecified atom stereocenters. The van der Waals surface area contributed by atoms with E-state index < -0.39 is 0 Å². The van der Waals surface area contributed by atoms with Gasteiger partial charge in [0.1, 0.15) is 5.82 Å². The molecule has 3 aliphatic rings. The summed E-state index contributed by atoms with van der Waals surface area (Å²) in [6.07, 6.45) is 4.61. The van der Waals surface area contributed by atoms with E-state index in [2.05, 4.69) is 30.1 Å². The summed E-state index contributed by atoms with van der Waals surface area (Å²) in [7, 11) is 0. The molecule has 24 heavy (non-hydrogen) atoms. The molecule has 1 aromatic carbocycles. The molecule has 130 valence electrons. The smallest absolute Gasteiger partial charge is 0.321 e. The summed E-state index contributed by atoms with van der Waals surface area (Å²) in [5.74, 6) is 0.240. The van der Waals surface area contributed by atoms with Crippen LogP contribution < -0.4 is 5.32 Å². The lowest BCUT2D eigenvalue weighted by atomic mass is 9.95. The second-order valence-electron chi connectivity index (χ2n) is 7.17. The minimum absolute atomic E-state index is 0.0810. The summed E-state index contributed by atoms with van der Waals surface area (Å²) >= 11 is 0. The predicted octanol–water partition coefficient (Wildman–Crippen LogP) is 3.72. The number of anilines is 1. The van der Waals surface area contributed by atoms with Gasteiger partial charge in [-0.05, 0) is 56.9 Å². The quantitative estimate of drug-likeness (QED) is 0.857. The third kappa shape index (κ3) is 4.15. The number of halogens is 1. The van der Waals surface area contributed by atoms with E-state index in [9.17, 15) is 9.18 Å². The number of benzene rings is 1. The molecule has 0 spiro atoms. The van der Waals surface area contributed by atoms with Crippen LogP contribution in [0.1, 0.15) is 26.7 Å². The zero-order valence-electron chi connectivity index (χ0n) is 14.5. The Morgan fingerprint density at radius 1 is 1.21 bits per heavy atom. The molecule has 0 saturated carbocycles. The zero-order valence-corrected chi connectivity index (χ0v) is 14.5. The van der Waals surface area contributed by atoms with Gasteiger partial charge in [0.25, 0.3) is 0 Å². The van der Waals surface area contributed by atoms with Crippen molar-refractivity contribution in [2.45, 2.75) is 32.7 Å². The van der Waals surface area contributed by atoms with Crippen molar-refractivity contribution in [3.8, 4) is 0 Å². The van der Waals surface area contributed by atoms with Gasteiger partial charge in [0.15, 0.2) is 0 Å². The van der Waals surface area contributed by atoms with E-state index in [0.717, 1.165) is 32.6 Å². The largest absolute Gasteiger partial charge is 0.323 e. The molecule has 2 amide bonds. The van der Waals surface area contributed by atoms with Crippen molar-refractivity contribution in [2.24, 2.45) is 5.92 Å². The minimum atomic E-state index is -0.296. The summed E-state index contributed by atoms with van der Waals surface area (Å²) in [6, 6.07) is 6.27. The molecule has 1 aromatic rings. The van der Waals surface area contributed by atoms with Gasteiger partial charge >= 0.3 is 6.03 Å². The highest BCUT2D eigenvalue weighted by Gasteiger charge is 2.35. The summed E-state index contributed by atoms with van der Waals surface area (Å²) in [4.78, 5) is 17.0. The fraction of sp³-hybridized carbons (Fsp3) is 0.526. The van der Waals surface area contributed by atoms with Gasteiger partial charge in [0.05, 0.1) is 0 Å². The number of carbonyl (C=O) groups excluding carboxylic acids is 1. The van der Waals surface area contributed by atoms with Crippen LogP contribution in [0.4, 0.5) is 14.9 Å². The Bertz CT molecular complexity index is 610. The third-order valence-electron chi connectivity index (χ3n) is 4.94. The average molecular weight is 331 g/mol. The lowest BCUT2D eigenvalue weighted by molar-refractivity contribution is 0.147. The molecule has 0 radical (unpaired) electrons. The van der Waals surface area contributed by atoms with Gasteiger partial charge < -0.3 is 10.2 Å². The number of fused-ring (bicyclic) bond motifs is 4. The van der Waals surface area contributed by atoms with E-state index in [4.69, 9.17) is 0 Å². The van der Waals surface area contributed by atoms with Crippen LogP contribution in [0.3, 0.4) is 0 Å². The van der Waals surface area contributed by atoms with Crippen molar-refractivity contribution in [1.29, 1.82) is 0 Å². The van der Waals surface area contributed by atoms with Gasteiger partial charge in [0.2, 0.25) is 0 Å². The Hall–Kier alpha value is -1.88. The number of nitrogens with zero attached hydrogens (tertiary/aromatic N) is 2. The average Bonchev–Trinajstić information content (AvgIpc) is 2.87. The first-order chi connectivity index (χ1) is 11.5. The van der Waals surface area contributed by atoms with Gasteiger partial charge in [-0.3, -0.25) is 4.90 Å². The van der Waals surface area contributed by atoms with E-state index in [-0.39, 0.29) is 11.8 Å². The second-order valence-corrected chi connectivity index (χ2v) is 7.17. The third-order valence-corrected chi connectivity index (χ3v) is 4.94. The summed E-state index contributed by atoms with van der Waals surface area (Å²) in [5, 5.41) is 2.89. The van der Waals surface area contributed by atoms with Crippen LogP contribution in [0.15, 0.2) is 35.9 Å². The van der Waals surface area contributed by atoms with Crippen LogP contribution in [0.2, 0.25) is 0 Å². The Kier molecular flexibility index (Phi) is 5.19. The fourth-order valence-electron chi connectivity index (χ4n) is 3.60. The first-order valence-electron chi connectivity index (χ1n) is 8.70. The Morgan fingerprint density at radius 2 is 1.96 bits per heavy atom. The Morgan fingerprint density at radius 3 is 2.67 bits per heavy atom. The van der Waals surface area contributed by atoms with Crippen molar-refractivity contribution in [3.63, 3.8) is 0 Å². The molecule has 4 rings (SSSR count). The number of urea groups is 1. The standard InChI is InChI=1S/C19H26FN3O/c1-14(2)9-10-22-11-15-3-8-18(22)13-23(12-15)19(24)21-17-6-4-16(20)5-7-17/h4-7,9,15,18H,3,8,10-13H2,1-2H3,(H,21,24)/t15-,18-/m1/s1. The first kappa shape index (κ1) is 17.0. The van der Waals surface area contributed by atoms with Crippen molar-refractivity contribution in [1.82, 2.24) is 9.80 Å². The molecular weight excluding hydrogens is 305 g/mol. The number of piperidine rings is 1. The molecule has 0 aliphatic carbocycles. The molecule has 3 aliphatic heterocycles. The van der Waals surface area contributed by atoms with Crippen LogP contribution in [-0.4, -0.2) is 48.1 Å². The highest BCUT2D eigenvalue weighted by atomic mass is 19.1. The number of rotatable bonds is 3. The van der Waals surface area contributed by atoms with Gasteiger partial charge in [0, 0.05) is 37.9 Å². The molecule has 2 bridgehead atoms. The van der Waals surface area contributed by atoms with Crippen molar-refractivity contribution < 1.29 is 9.18 Å². The molecule has 1 N–H and O–H groups in total. The van der Waals surface area contributed by atoms with Gasteiger partial charge in [-0.15, -0.1) is 0 Å². The number of hydrogen-bond donors (Lipinski definition) is 1. The Labute approximate surface area is 143 Å². The number of nitrogens with one attached hydrogen (secondary N) is 1. The molecule has 0 aromatic heterocycles. The molecular formula is C19H26FN3O. The molecule has 3 fully saturated rings. The monoisotopic (exact) mass is 331 g/mol. The SMILES string of the molecule is CC(C)=CCN1C[C@H]2CC[C@@H]1CN(C(=O)Nc1ccc(F)cc1)C2. The van der Waals surface area contributed by atoms with Crippen LogP contribution in [0.25, 0.3) is 0 Å². The number of amides is 2. The van der Waals surface area contributed by atoms with Crippen LogP contribution in [-0.2, 0) is 0 Å². The maximum atomic E-state index is 13.0. The van der Waals surface area contributed by atoms with Gasteiger partial charge in [-0.25, -0.2) is 9.18 Å². The second kappa shape index (κ2) is 7.34. The van der Waals surface area contributed by atoms with E-state index in [0.29, 0.717) is 17.6 Å². The molecule has 3 saturated heterocycles. The van der Waals surface area contributed by atoms with E-state index in [1.54, 1.807) is 12.1 Å². The predicted molar refractivity (Wildman–Crippen MR) is 94.5 cm³/mol. The fourth-order valence-corrected chi connectivity index (χ4v) is 3.60. The lowest BCUT2D eigenvalue weighted by Crippen LogP contribution is -2.45. The molecule has 3 heterocycles. The molecule has 5 heteroatoms. The van der Waals surface area contributed by atoms with Crippen LogP contribution >= 0.6 is 0 Å². The Balaban J connectivity index is 1.64. The van der Waals surface area contributed by atoms with E-state index >= 15 is 0 Å². The van der Waals surface area contributed by atoms with Crippen molar-refractivity contribution in [3.05, 3.63) is 41.7 Å². The normalized spacial score (nSPS) is 23.7. The minimum Gasteiger partial charge on any atom is -0.323 e. The summed E-state index contributed by atoms with van der Waals surface area (Å²) in [6.45, 7) is 7.84. The summed E-state index contributed by atoms with van der Waals surface area (Å²) < 4.78 is 13.0. The highest BCUT2D eigenvalue weighted by Crippen LogP contribution is 2.28. The number of carbonyl (C=O) groups is 1. The van der Waals surface area contributed by atoms with Crippen molar-refractivity contribution in [2.75, 3.05) is 31.5 Å². The maximum absolute atomic E-state index is 13.0. The van der Waals surface area contributed by atoms with Crippen molar-refractivity contribution >= 4 is 11.7 Å². The van der Waals surface area contributed by atoms with Crippen LogP contribution in [0.5, 0.6) is 0 Å². The van der Waals surface area contributed by atoms with E-state index in [1.165, 1.54) is 24.1 Å². The zero-order chi connectivity index (χ0) is 17.1. The number of allylic oxidation sites excluding steroid dienone is 1. The van der Waals surface area contributed by atoms with E-state index in [1.807, 2.05) is 4.90 Å². The number of hydrogen-bond acceptors (Lipinski definition) is 2. The maximum Gasteiger partial charge on any atom is 0.321 e. The first-order valence-corrected chi connectivity index (χ1v) is 8.70. The highest BCUT2D eigenvalue weighted by molar-refractivity contribution is 5.89. The van der Waals surface area contributed by atoms with Gasteiger partial charge in [-0.1, -0.05) is 11.6 Å². The molecule has 4 nitrogen and oxygen atoms in total.